The summed E-state index contributed by atoms with van der Waals surface area (Å²) in [5.41, 5.74) is 0.417. The number of rotatable bonds is 6. The van der Waals surface area contributed by atoms with E-state index in [1.807, 2.05) is 13.8 Å². The van der Waals surface area contributed by atoms with Crippen molar-refractivity contribution in [3.63, 3.8) is 0 Å². The van der Waals surface area contributed by atoms with E-state index in [1.165, 1.54) is 12.1 Å². The van der Waals surface area contributed by atoms with Gasteiger partial charge in [0.05, 0.1) is 11.1 Å². The van der Waals surface area contributed by atoms with Gasteiger partial charge in [0.25, 0.3) is 23.6 Å². The van der Waals surface area contributed by atoms with Crippen LogP contribution in [0.2, 0.25) is 0 Å². The Hall–Kier alpha value is -3.07. The number of amides is 4. The van der Waals surface area contributed by atoms with Gasteiger partial charge in [-0.3, -0.25) is 29.0 Å². The van der Waals surface area contributed by atoms with Crippen LogP contribution in [0, 0.1) is 5.92 Å². The van der Waals surface area contributed by atoms with Crippen LogP contribution in [0.1, 0.15) is 53.8 Å². The molecule has 1 fully saturated rings. The summed E-state index contributed by atoms with van der Waals surface area (Å²) in [4.78, 5) is 71.2. The molecule has 2 aliphatic rings. The summed E-state index contributed by atoms with van der Waals surface area (Å²) in [5.74, 6) is -3.58. The van der Waals surface area contributed by atoms with Crippen molar-refractivity contribution in [2.24, 2.45) is 5.92 Å². The van der Waals surface area contributed by atoms with Gasteiger partial charge in [-0.15, -0.1) is 5.06 Å². The van der Waals surface area contributed by atoms with Crippen LogP contribution in [-0.4, -0.2) is 70.6 Å². The first-order chi connectivity index (χ1) is 14.2. The highest BCUT2D eigenvalue weighted by atomic mass is 16.7. The number of hydroxylamine groups is 2. The van der Waals surface area contributed by atoms with Crippen molar-refractivity contribution in [1.82, 2.24) is 14.9 Å². The molecule has 3 rings (SSSR count). The summed E-state index contributed by atoms with van der Waals surface area (Å²) < 4.78 is 0. The average molecular weight is 415 g/mol. The molecule has 160 valence electrons. The lowest BCUT2D eigenvalue weighted by molar-refractivity contribution is -0.211. The predicted molar refractivity (Wildman–Crippen MR) is 105 cm³/mol. The molecule has 0 spiro atoms. The molecule has 0 bridgehead atoms. The first-order valence-corrected chi connectivity index (χ1v) is 9.91. The number of likely N-dealkylation sites (N-methyl/N-ethyl adjacent to an activating group) is 1. The van der Waals surface area contributed by atoms with Crippen LogP contribution in [0.3, 0.4) is 0 Å². The van der Waals surface area contributed by atoms with Crippen molar-refractivity contribution in [3.05, 3.63) is 35.4 Å². The van der Waals surface area contributed by atoms with Crippen LogP contribution in [0.25, 0.3) is 0 Å². The molecule has 9 heteroatoms. The molecular weight excluding hydrogens is 390 g/mol. The SMILES string of the molecule is CCC(C)C(C(=O)ON1C(=O)CC[C@H](N2C(=O)c3ccccc3C2=O)C1=O)N(C)C. The molecule has 0 radical (unpaired) electrons. The zero-order chi connectivity index (χ0) is 22.2. The third kappa shape index (κ3) is 3.60. The lowest BCUT2D eigenvalue weighted by atomic mass is 9.98. The molecule has 2 heterocycles. The van der Waals surface area contributed by atoms with E-state index in [2.05, 4.69) is 0 Å². The summed E-state index contributed by atoms with van der Waals surface area (Å²) in [6.45, 7) is 3.79. The van der Waals surface area contributed by atoms with E-state index >= 15 is 0 Å². The maximum Gasteiger partial charge on any atom is 0.350 e. The molecule has 1 saturated heterocycles. The quantitative estimate of drug-likeness (QED) is 0.644. The number of carbonyl (C=O) groups excluding carboxylic acids is 5. The number of fused-ring (bicyclic) bond motifs is 1. The molecule has 1 aromatic carbocycles. The van der Waals surface area contributed by atoms with E-state index in [9.17, 15) is 24.0 Å². The second-order valence-corrected chi connectivity index (χ2v) is 7.81. The monoisotopic (exact) mass is 415 g/mol. The summed E-state index contributed by atoms with van der Waals surface area (Å²) >= 11 is 0. The smallest absolute Gasteiger partial charge is 0.328 e. The van der Waals surface area contributed by atoms with Crippen molar-refractivity contribution < 1.29 is 28.8 Å². The Morgan fingerprint density at radius 2 is 1.70 bits per heavy atom. The van der Waals surface area contributed by atoms with Crippen molar-refractivity contribution in [2.75, 3.05) is 14.1 Å². The summed E-state index contributed by atoms with van der Waals surface area (Å²) in [6, 6.07) is 4.42. The van der Waals surface area contributed by atoms with Crippen LogP contribution in [0.4, 0.5) is 0 Å². The van der Waals surface area contributed by atoms with Crippen LogP contribution in [-0.2, 0) is 19.2 Å². The molecular formula is C21H25N3O6. The Morgan fingerprint density at radius 1 is 1.13 bits per heavy atom. The maximum absolute atomic E-state index is 13.0. The van der Waals surface area contributed by atoms with Crippen molar-refractivity contribution in [1.29, 1.82) is 0 Å². The maximum atomic E-state index is 13.0. The minimum absolute atomic E-state index is 0.0142. The molecule has 9 nitrogen and oxygen atoms in total. The van der Waals surface area contributed by atoms with Gasteiger partial charge in [0.15, 0.2) is 0 Å². The first-order valence-electron chi connectivity index (χ1n) is 9.91. The molecule has 0 aromatic heterocycles. The third-order valence-corrected chi connectivity index (χ3v) is 5.64. The number of imide groups is 2. The van der Waals surface area contributed by atoms with Gasteiger partial charge < -0.3 is 4.84 Å². The number of nitrogens with zero attached hydrogens (tertiary/aromatic N) is 3. The fraction of sp³-hybridized carbons (Fsp3) is 0.476. The molecule has 0 aliphatic carbocycles. The Balaban J connectivity index is 1.83. The zero-order valence-electron chi connectivity index (χ0n) is 17.5. The minimum Gasteiger partial charge on any atom is -0.328 e. The zero-order valence-corrected chi connectivity index (χ0v) is 17.5. The molecule has 3 atom stereocenters. The van der Waals surface area contributed by atoms with Crippen molar-refractivity contribution in [2.45, 2.75) is 45.2 Å². The number of carbonyl (C=O) groups is 5. The average Bonchev–Trinajstić information content (AvgIpc) is 2.96. The van der Waals surface area contributed by atoms with E-state index in [-0.39, 0.29) is 29.9 Å². The second kappa shape index (κ2) is 8.35. The van der Waals surface area contributed by atoms with E-state index in [0.29, 0.717) is 11.5 Å². The molecule has 1 aromatic rings. The van der Waals surface area contributed by atoms with Gasteiger partial charge in [0, 0.05) is 6.42 Å². The molecule has 0 N–H and O–H groups in total. The van der Waals surface area contributed by atoms with Crippen LogP contribution < -0.4 is 0 Å². The lowest BCUT2D eigenvalue weighted by Gasteiger charge is -2.34. The van der Waals surface area contributed by atoms with E-state index in [0.717, 1.165) is 4.90 Å². The molecule has 0 saturated carbocycles. The fourth-order valence-electron chi connectivity index (χ4n) is 3.89. The number of hydrogen-bond donors (Lipinski definition) is 0. The molecule has 30 heavy (non-hydrogen) atoms. The highest BCUT2D eigenvalue weighted by Gasteiger charge is 2.48. The number of piperidine rings is 1. The van der Waals surface area contributed by atoms with Crippen molar-refractivity contribution in [3.8, 4) is 0 Å². The highest BCUT2D eigenvalue weighted by Crippen LogP contribution is 2.29. The highest BCUT2D eigenvalue weighted by molar-refractivity contribution is 6.23. The van der Waals surface area contributed by atoms with Crippen LogP contribution >= 0.6 is 0 Å². The molecule has 2 unspecified atom stereocenters. The molecule has 4 amide bonds. The number of hydrogen-bond acceptors (Lipinski definition) is 7. The van der Waals surface area contributed by atoms with Gasteiger partial charge in [-0.2, -0.15) is 0 Å². The predicted octanol–water partition coefficient (Wildman–Crippen LogP) is 1.23. The van der Waals surface area contributed by atoms with Gasteiger partial charge in [-0.05, 0) is 38.6 Å². The lowest BCUT2D eigenvalue weighted by Crippen LogP contribution is -2.57. The standard InChI is InChI=1S/C21H25N3O6/c1-5-12(2)17(22(3)4)21(29)30-24-16(25)11-10-15(20(24)28)23-18(26)13-8-6-7-9-14(13)19(23)27/h6-9,12,15,17H,5,10-11H2,1-4H3/t12?,15-,17?/m0/s1. The van der Waals surface area contributed by atoms with E-state index in [4.69, 9.17) is 4.84 Å². The summed E-state index contributed by atoms with van der Waals surface area (Å²) in [7, 11) is 3.42. The van der Waals surface area contributed by atoms with Crippen LogP contribution in [0.5, 0.6) is 0 Å². The minimum atomic E-state index is -1.20. The third-order valence-electron chi connectivity index (χ3n) is 5.64. The normalized spacial score (nSPS) is 21.2. The Labute approximate surface area is 174 Å². The van der Waals surface area contributed by atoms with Gasteiger partial charge in [-0.25, -0.2) is 4.79 Å². The summed E-state index contributed by atoms with van der Waals surface area (Å²) in [6.07, 6.45) is 0.546. The van der Waals surface area contributed by atoms with Crippen molar-refractivity contribution >= 4 is 29.6 Å². The van der Waals surface area contributed by atoms with Gasteiger partial charge in [0.2, 0.25) is 0 Å². The van der Waals surface area contributed by atoms with Gasteiger partial charge in [0.1, 0.15) is 12.1 Å². The fourth-order valence-corrected chi connectivity index (χ4v) is 3.89. The van der Waals surface area contributed by atoms with Gasteiger partial charge >= 0.3 is 5.97 Å². The van der Waals surface area contributed by atoms with Gasteiger partial charge in [-0.1, -0.05) is 32.4 Å². The Bertz CT molecular complexity index is 877. The molecule has 2 aliphatic heterocycles. The summed E-state index contributed by atoms with van der Waals surface area (Å²) in [5, 5.41) is 0.416. The largest absolute Gasteiger partial charge is 0.350 e. The Morgan fingerprint density at radius 3 is 2.20 bits per heavy atom. The topological polar surface area (TPSA) is 104 Å². The van der Waals surface area contributed by atoms with E-state index < -0.39 is 41.7 Å². The number of benzene rings is 1. The van der Waals surface area contributed by atoms with Crippen LogP contribution in [0.15, 0.2) is 24.3 Å². The second-order valence-electron chi connectivity index (χ2n) is 7.81. The Kier molecular flexibility index (Phi) is 6.02. The first kappa shape index (κ1) is 21.6. The van der Waals surface area contributed by atoms with E-state index in [1.54, 1.807) is 31.1 Å².